The number of rotatable bonds is 3. The minimum absolute atomic E-state index is 0.0345. The second-order valence-electron chi connectivity index (χ2n) is 4.82. The Labute approximate surface area is 108 Å². The van der Waals surface area contributed by atoms with E-state index in [9.17, 15) is 4.79 Å². The summed E-state index contributed by atoms with van der Waals surface area (Å²) in [5.74, 6) is 0.0345. The molecule has 0 aromatic heterocycles. The maximum Gasteiger partial charge on any atom is 0.258 e. The van der Waals surface area contributed by atoms with Gasteiger partial charge in [-0.3, -0.25) is 4.79 Å². The summed E-state index contributed by atoms with van der Waals surface area (Å²) in [6.45, 7) is 5.14. The van der Waals surface area contributed by atoms with Gasteiger partial charge in [0.05, 0.1) is 0 Å². The number of carbonyl (C=O) groups excluding carboxylic acids is 1. The first kappa shape index (κ1) is 12.9. The van der Waals surface area contributed by atoms with Crippen LogP contribution in [0.4, 0.5) is 11.4 Å². The van der Waals surface area contributed by atoms with Crippen molar-refractivity contribution in [2.45, 2.75) is 32.3 Å². The summed E-state index contributed by atoms with van der Waals surface area (Å²) in [5, 5.41) is 0. The van der Waals surface area contributed by atoms with E-state index < -0.39 is 5.60 Å². The molecule has 1 aromatic rings. The molecule has 1 aromatic carbocycles. The van der Waals surface area contributed by atoms with Crippen LogP contribution in [0.15, 0.2) is 24.3 Å². The Kier molecular flexibility index (Phi) is 3.57. The normalized spacial score (nSPS) is 23.0. The van der Waals surface area contributed by atoms with Crippen LogP contribution in [0.25, 0.3) is 0 Å². The molecule has 1 aliphatic rings. The van der Waals surface area contributed by atoms with E-state index in [0.717, 1.165) is 18.5 Å². The Hall–Kier alpha value is -1.55. The third-order valence-electron chi connectivity index (χ3n) is 3.44. The standard InChI is InChI=1S/C14H20N2O2/c1-3-16(12-7-5-11(15)6-8-12)13(17)14(2)9-4-10-18-14/h5-8H,3-4,9-10,15H2,1-2H3. The molecule has 0 bridgehead atoms. The third kappa shape index (κ3) is 2.34. The smallest absolute Gasteiger partial charge is 0.258 e. The van der Waals surface area contributed by atoms with Crippen molar-refractivity contribution in [2.24, 2.45) is 0 Å². The van der Waals surface area contributed by atoms with Crippen LogP contribution in [0.5, 0.6) is 0 Å². The van der Waals surface area contributed by atoms with E-state index in [0.29, 0.717) is 18.8 Å². The van der Waals surface area contributed by atoms with E-state index in [1.165, 1.54) is 0 Å². The first-order valence-corrected chi connectivity index (χ1v) is 6.38. The molecule has 1 atom stereocenters. The highest BCUT2D eigenvalue weighted by molar-refractivity contribution is 5.99. The van der Waals surface area contributed by atoms with Crippen molar-refractivity contribution in [3.8, 4) is 0 Å². The molecule has 2 N–H and O–H groups in total. The quantitative estimate of drug-likeness (QED) is 0.834. The van der Waals surface area contributed by atoms with Crippen molar-refractivity contribution >= 4 is 17.3 Å². The fraction of sp³-hybridized carbons (Fsp3) is 0.500. The van der Waals surface area contributed by atoms with Crippen LogP contribution in [-0.2, 0) is 9.53 Å². The molecule has 1 heterocycles. The van der Waals surface area contributed by atoms with Gasteiger partial charge in [-0.2, -0.15) is 0 Å². The van der Waals surface area contributed by atoms with Gasteiger partial charge in [-0.25, -0.2) is 0 Å². The topological polar surface area (TPSA) is 55.6 Å². The molecule has 1 saturated heterocycles. The van der Waals surface area contributed by atoms with E-state index in [-0.39, 0.29) is 5.91 Å². The van der Waals surface area contributed by atoms with Gasteiger partial charge in [-0.1, -0.05) is 0 Å². The Bertz CT molecular complexity index is 422. The summed E-state index contributed by atoms with van der Waals surface area (Å²) < 4.78 is 5.61. The largest absolute Gasteiger partial charge is 0.399 e. The molecule has 0 radical (unpaired) electrons. The number of hydrogen-bond acceptors (Lipinski definition) is 3. The Morgan fingerprint density at radius 1 is 1.44 bits per heavy atom. The van der Waals surface area contributed by atoms with Crippen molar-refractivity contribution in [1.29, 1.82) is 0 Å². The molecular weight excluding hydrogens is 228 g/mol. The lowest BCUT2D eigenvalue weighted by Crippen LogP contribution is -2.47. The number of nitrogens with two attached hydrogens (primary N) is 1. The first-order valence-electron chi connectivity index (χ1n) is 6.38. The molecule has 4 heteroatoms. The molecule has 98 valence electrons. The number of benzene rings is 1. The molecule has 1 fully saturated rings. The summed E-state index contributed by atoms with van der Waals surface area (Å²) in [4.78, 5) is 14.3. The van der Waals surface area contributed by atoms with Crippen molar-refractivity contribution in [1.82, 2.24) is 0 Å². The lowest BCUT2D eigenvalue weighted by molar-refractivity contribution is -0.136. The summed E-state index contributed by atoms with van der Waals surface area (Å²) in [7, 11) is 0. The third-order valence-corrected chi connectivity index (χ3v) is 3.44. The highest BCUT2D eigenvalue weighted by atomic mass is 16.5. The van der Waals surface area contributed by atoms with E-state index in [1.807, 2.05) is 38.1 Å². The number of nitrogen functional groups attached to an aromatic ring is 1. The Balaban J connectivity index is 2.23. The molecule has 0 saturated carbocycles. The summed E-state index contributed by atoms with van der Waals surface area (Å²) in [5.41, 5.74) is 6.56. The highest BCUT2D eigenvalue weighted by Gasteiger charge is 2.40. The van der Waals surface area contributed by atoms with Gasteiger partial charge < -0.3 is 15.4 Å². The Morgan fingerprint density at radius 3 is 2.61 bits per heavy atom. The lowest BCUT2D eigenvalue weighted by atomic mass is 10.0. The van der Waals surface area contributed by atoms with Crippen LogP contribution in [-0.4, -0.2) is 24.7 Å². The van der Waals surface area contributed by atoms with E-state index in [1.54, 1.807) is 4.90 Å². The van der Waals surface area contributed by atoms with E-state index in [2.05, 4.69) is 0 Å². The summed E-state index contributed by atoms with van der Waals surface area (Å²) in [6, 6.07) is 7.36. The van der Waals surface area contributed by atoms with Gasteiger partial charge >= 0.3 is 0 Å². The maximum absolute atomic E-state index is 12.6. The molecule has 2 rings (SSSR count). The van der Waals surface area contributed by atoms with Gasteiger partial charge in [-0.15, -0.1) is 0 Å². The number of nitrogens with zero attached hydrogens (tertiary/aromatic N) is 1. The van der Waals surface area contributed by atoms with Gasteiger partial charge in [-0.05, 0) is 51.0 Å². The van der Waals surface area contributed by atoms with Crippen LogP contribution in [0.1, 0.15) is 26.7 Å². The zero-order valence-corrected chi connectivity index (χ0v) is 11.0. The van der Waals surface area contributed by atoms with Crippen molar-refractivity contribution < 1.29 is 9.53 Å². The minimum Gasteiger partial charge on any atom is -0.399 e. The van der Waals surface area contributed by atoms with Crippen LogP contribution < -0.4 is 10.6 Å². The molecule has 0 spiro atoms. The Morgan fingerprint density at radius 2 is 2.11 bits per heavy atom. The van der Waals surface area contributed by atoms with Crippen LogP contribution in [0.2, 0.25) is 0 Å². The van der Waals surface area contributed by atoms with Crippen LogP contribution in [0, 0.1) is 0 Å². The average molecular weight is 248 g/mol. The van der Waals surface area contributed by atoms with Gasteiger partial charge in [0, 0.05) is 24.5 Å². The van der Waals surface area contributed by atoms with Gasteiger partial charge in [0.25, 0.3) is 5.91 Å². The molecule has 0 aliphatic carbocycles. The SMILES string of the molecule is CCN(C(=O)C1(C)CCCO1)c1ccc(N)cc1. The van der Waals surface area contributed by atoms with Crippen LogP contribution >= 0.6 is 0 Å². The number of amides is 1. The molecule has 1 aliphatic heterocycles. The lowest BCUT2D eigenvalue weighted by Gasteiger charge is -2.30. The van der Waals surface area contributed by atoms with Crippen LogP contribution in [0.3, 0.4) is 0 Å². The predicted molar refractivity (Wildman–Crippen MR) is 72.5 cm³/mol. The molecule has 18 heavy (non-hydrogen) atoms. The fourth-order valence-corrected chi connectivity index (χ4v) is 2.33. The second kappa shape index (κ2) is 4.98. The molecule has 1 amide bonds. The number of ether oxygens (including phenoxy) is 1. The van der Waals surface area contributed by atoms with Crippen molar-refractivity contribution in [2.75, 3.05) is 23.8 Å². The average Bonchev–Trinajstić information content (AvgIpc) is 2.81. The number of carbonyl (C=O) groups is 1. The van der Waals surface area contributed by atoms with Gasteiger partial charge in [0.1, 0.15) is 5.60 Å². The van der Waals surface area contributed by atoms with E-state index >= 15 is 0 Å². The van der Waals surface area contributed by atoms with Gasteiger partial charge in [0.15, 0.2) is 0 Å². The monoisotopic (exact) mass is 248 g/mol. The molecule has 1 unspecified atom stereocenters. The van der Waals surface area contributed by atoms with E-state index in [4.69, 9.17) is 10.5 Å². The maximum atomic E-state index is 12.6. The predicted octanol–water partition coefficient (Wildman–Crippen LogP) is 2.19. The number of anilines is 2. The minimum atomic E-state index is -0.669. The van der Waals surface area contributed by atoms with Gasteiger partial charge in [0.2, 0.25) is 0 Å². The summed E-state index contributed by atoms with van der Waals surface area (Å²) >= 11 is 0. The zero-order valence-electron chi connectivity index (χ0n) is 11.0. The van der Waals surface area contributed by atoms with Crippen molar-refractivity contribution in [3.05, 3.63) is 24.3 Å². The second-order valence-corrected chi connectivity index (χ2v) is 4.82. The number of hydrogen-bond donors (Lipinski definition) is 1. The number of likely N-dealkylation sites (N-methyl/N-ethyl adjacent to an activating group) is 1. The molecule has 4 nitrogen and oxygen atoms in total. The van der Waals surface area contributed by atoms with Crippen molar-refractivity contribution in [3.63, 3.8) is 0 Å². The summed E-state index contributed by atoms with van der Waals surface area (Å²) in [6.07, 6.45) is 1.73. The first-order chi connectivity index (χ1) is 8.57. The molecular formula is C14H20N2O2. The highest BCUT2D eigenvalue weighted by Crippen LogP contribution is 2.29. The zero-order chi connectivity index (χ0) is 13.2. The fourth-order valence-electron chi connectivity index (χ4n) is 2.33.